The third-order valence-electron chi connectivity index (χ3n) is 4.39. The summed E-state index contributed by atoms with van der Waals surface area (Å²) in [4.78, 5) is 16.8. The monoisotopic (exact) mass is 456 g/mol. The van der Waals surface area contributed by atoms with Gasteiger partial charge in [0.15, 0.2) is 0 Å². The average Bonchev–Trinajstić information content (AvgIpc) is 3.23. The van der Waals surface area contributed by atoms with Crippen molar-refractivity contribution >= 4 is 5.91 Å². The number of aliphatic hydroxyl groups excluding tert-OH is 1. The summed E-state index contributed by atoms with van der Waals surface area (Å²) in [7, 11) is 0. The summed E-state index contributed by atoms with van der Waals surface area (Å²) in [6, 6.07) is 6.34. The van der Waals surface area contributed by atoms with Crippen molar-refractivity contribution in [2.45, 2.75) is 32.0 Å². The van der Waals surface area contributed by atoms with Crippen LogP contribution < -0.4 is 5.32 Å². The van der Waals surface area contributed by atoms with Gasteiger partial charge in [0.25, 0.3) is 5.91 Å². The van der Waals surface area contributed by atoms with Crippen LogP contribution in [-0.4, -0.2) is 55.0 Å². The number of pyridine rings is 1. The first-order valence-electron chi connectivity index (χ1n) is 9.17. The molecule has 1 aromatic carbocycles. The van der Waals surface area contributed by atoms with Crippen molar-refractivity contribution in [1.29, 1.82) is 0 Å². The molecule has 1 atom stereocenters. The molecule has 0 aliphatic carbocycles. The molecule has 0 saturated heterocycles. The van der Waals surface area contributed by atoms with Crippen LogP contribution in [0.25, 0.3) is 16.9 Å². The summed E-state index contributed by atoms with van der Waals surface area (Å²) in [5, 5.41) is 20.7. The predicted molar refractivity (Wildman–Crippen MR) is 101 cm³/mol. The highest BCUT2D eigenvalue weighted by Crippen LogP contribution is 2.43. The Morgan fingerprint density at radius 3 is 2.50 bits per heavy atom. The summed E-state index contributed by atoms with van der Waals surface area (Å²) < 4.78 is 66.9. The molecule has 3 aromatic rings. The number of rotatable bonds is 6. The molecule has 1 unspecified atom stereocenters. The van der Waals surface area contributed by atoms with Gasteiger partial charge in [0.05, 0.1) is 18.0 Å². The molecule has 2 N–H and O–H groups in total. The highest BCUT2D eigenvalue weighted by Gasteiger charge is 2.62. The molecule has 32 heavy (non-hydrogen) atoms. The van der Waals surface area contributed by atoms with Crippen molar-refractivity contribution in [3.63, 3.8) is 0 Å². The van der Waals surface area contributed by atoms with Gasteiger partial charge in [-0.15, -0.1) is 5.10 Å². The van der Waals surface area contributed by atoms with Gasteiger partial charge in [-0.3, -0.25) is 9.78 Å². The maximum Gasteiger partial charge on any atom is 0.461 e. The number of aromatic nitrogens is 5. The number of hydrogen-bond acceptors (Lipinski definition) is 6. The lowest BCUT2D eigenvalue weighted by Gasteiger charge is -2.19. The number of tetrazole rings is 1. The number of halogens is 5. The summed E-state index contributed by atoms with van der Waals surface area (Å²) in [5.74, 6) is -7.80. The van der Waals surface area contributed by atoms with Crippen molar-refractivity contribution in [3.8, 4) is 16.9 Å². The van der Waals surface area contributed by atoms with E-state index in [1.165, 1.54) is 25.3 Å². The topological polar surface area (TPSA) is 106 Å². The van der Waals surface area contributed by atoms with Crippen LogP contribution in [0, 0.1) is 6.92 Å². The van der Waals surface area contributed by atoms with Crippen molar-refractivity contribution in [1.82, 2.24) is 30.5 Å². The largest absolute Gasteiger partial charge is 0.461 e. The maximum atomic E-state index is 14.0. The van der Waals surface area contributed by atoms with Crippen LogP contribution in [0.3, 0.4) is 0 Å². The number of aliphatic hydroxyl groups is 1. The number of carbonyl (C=O) groups excluding carboxylic acids is 1. The Morgan fingerprint density at radius 1 is 1.19 bits per heavy atom. The molecular formula is C19H17F5N6O2. The fourth-order valence-electron chi connectivity index (χ4n) is 2.69. The second-order valence-electron chi connectivity index (χ2n) is 7.03. The number of nitrogens with zero attached hydrogens (tertiary/aromatic N) is 5. The van der Waals surface area contributed by atoms with Crippen LogP contribution in [0.2, 0.25) is 0 Å². The Morgan fingerprint density at radius 2 is 1.91 bits per heavy atom. The van der Waals surface area contributed by atoms with Crippen molar-refractivity contribution < 1.29 is 31.9 Å². The van der Waals surface area contributed by atoms with Gasteiger partial charge >= 0.3 is 12.1 Å². The third kappa shape index (κ3) is 4.56. The molecule has 0 spiro atoms. The number of aryl methyl sites for hydroxylation is 1. The molecular weight excluding hydrogens is 439 g/mol. The maximum absolute atomic E-state index is 14.0. The molecule has 13 heteroatoms. The van der Waals surface area contributed by atoms with E-state index in [0.29, 0.717) is 5.69 Å². The van der Waals surface area contributed by atoms with E-state index in [9.17, 15) is 26.7 Å². The first-order valence-corrected chi connectivity index (χ1v) is 9.17. The van der Waals surface area contributed by atoms with E-state index < -0.39 is 29.9 Å². The van der Waals surface area contributed by atoms with Gasteiger partial charge < -0.3 is 10.4 Å². The van der Waals surface area contributed by atoms with Crippen molar-refractivity contribution in [2.75, 3.05) is 6.61 Å². The Hall–Kier alpha value is -3.48. The van der Waals surface area contributed by atoms with Crippen molar-refractivity contribution in [2.24, 2.45) is 0 Å². The zero-order chi connectivity index (χ0) is 23.7. The Balaban J connectivity index is 2.18. The van der Waals surface area contributed by atoms with Gasteiger partial charge in [0.2, 0.25) is 5.82 Å². The molecule has 2 aromatic heterocycles. The minimum absolute atomic E-state index is 0.0862. The minimum Gasteiger partial charge on any atom is -0.394 e. The molecule has 0 aliphatic rings. The van der Waals surface area contributed by atoms with Crippen molar-refractivity contribution in [3.05, 3.63) is 53.5 Å². The Labute approximate surface area is 178 Å². The zero-order valence-electron chi connectivity index (χ0n) is 16.7. The number of hydrogen-bond donors (Lipinski definition) is 2. The second-order valence-corrected chi connectivity index (χ2v) is 7.03. The van der Waals surface area contributed by atoms with E-state index in [-0.39, 0.29) is 28.1 Å². The predicted octanol–water partition coefficient (Wildman–Crippen LogP) is 2.80. The standard InChI is InChI=1S/C19H17F5N6O2/c1-10-3-4-15(25-8-10)12-5-13(16(32)26-11(2)9-31)7-14(6-12)30-17(27-28-29-30)18(20,21)19(22,23)24/h3-8,11,31H,9H2,1-2H3,(H,26,32). The van der Waals surface area contributed by atoms with Crippen LogP contribution in [0.15, 0.2) is 36.5 Å². The van der Waals surface area contributed by atoms with Crippen LogP contribution in [0.5, 0.6) is 0 Å². The summed E-state index contributed by atoms with van der Waals surface area (Å²) in [6.45, 7) is 2.94. The van der Waals surface area contributed by atoms with E-state index in [4.69, 9.17) is 5.11 Å². The number of benzene rings is 1. The van der Waals surface area contributed by atoms with E-state index in [2.05, 4.69) is 25.8 Å². The summed E-state index contributed by atoms with van der Waals surface area (Å²) in [5.41, 5.74) is 1.01. The first kappa shape index (κ1) is 23.2. The Bertz CT molecular complexity index is 1110. The van der Waals surface area contributed by atoms with Gasteiger partial charge in [0.1, 0.15) is 0 Å². The smallest absolute Gasteiger partial charge is 0.394 e. The average molecular weight is 456 g/mol. The Kier molecular flexibility index (Phi) is 6.21. The molecule has 0 radical (unpaired) electrons. The molecule has 0 bridgehead atoms. The quantitative estimate of drug-likeness (QED) is 0.553. The first-order chi connectivity index (χ1) is 14.9. The van der Waals surface area contributed by atoms with E-state index in [1.54, 1.807) is 19.1 Å². The number of nitrogens with one attached hydrogen (secondary N) is 1. The SMILES string of the molecule is Cc1ccc(-c2cc(C(=O)NC(C)CO)cc(-n3nnnc3C(F)(F)C(F)(F)F)c2)nc1. The second kappa shape index (κ2) is 8.57. The minimum atomic E-state index is -5.94. The number of alkyl halides is 5. The lowest BCUT2D eigenvalue weighted by atomic mass is 10.0. The fourth-order valence-corrected chi connectivity index (χ4v) is 2.69. The van der Waals surface area contributed by atoms with E-state index in [1.807, 2.05) is 0 Å². The molecule has 3 rings (SSSR count). The van der Waals surface area contributed by atoms with Gasteiger partial charge in [-0.25, -0.2) is 0 Å². The van der Waals surface area contributed by atoms with Crippen LogP contribution in [-0.2, 0) is 5.92 Å². The number of carbonyl (C=O) groups is 1. The molecule has 1 amide bonds. The number of amides is 1. The van der Waals surface area contributed by atoms with Gasteiger partial charge in [-0.05, 0) is 54.1 Å². The third-order valence-corrected chi connectivity index (χ3v) is 4.39. The normalized spacial score (nSPS) is 13.1. The van der Waals surface area contributed by atoms with Crippen LogP contribution in [0.4, 0.5) is 22.0 Å². The molecule has 170 valence electrons. The summed E-state index contributed by atoms with van der Waals surface area (Å²) >= 11 is 0. The molecule has 0 saturated carbocycles. The van der Waals surface area contributed by atoms with Crippen LogP contribution in [0.1, 0.15) is 28.7 Å². The van der Waals surface area contributed by atoms with Crippen LogP contribution >= 0.6 is 0 Å². The molecule has 8 nitrogen and oxygen atoms in total. The highest BCUT2D eigenvalue weighted by atomic mass is 19.4. The summed E-state index contributed by atoms with van der Waals surface area (Å²) in [6.07, 6.45) is -4.41. The zero-order valence-corrected chi connectivity index (χ0v) is 16.7. The molecule has 0 fully saturated rings. The van der Waals surface area contributed by atoms with Gasteiger partial charge in [0, 0.05) is 23.4 Å². The lowest BCUT2D eigenvalue weighted by Crippen LogP contribution is -2.36. The molecule has 0 aliphatic heterocycles. The lowest BCUT2D eigenvalue weighted by molar-refractivity contribution is -0.293. The van der Waals surface area contributed by atoms with E-state index >= 15 is 0 Å². The highest BCUT2D eigenvalue weighted by molar-refractivity contribution is 5.96. The molecule has 2 heterocycles. The van der Waals surface area contributed by atoms with Gasteiger partial charge in [-0.1, -0.05) is 6.07 Å². The van der Waals surface area contributed by atoms with Gasteiger partial charge in [-0.2, -0.15) is 26.6 Å². The van der Waals surface area contributed by atoms with E-state index in [0.717, 1.165) is 11.6 Å². The fraction of sp³-hybridized carbons (Fsp3) is 0.316.